The molecule has 98 valence electrons. The number of carbonyl (C=O) groups is 2. The Hall–Kier alpha value is -1.15. The summed E-state index contributed by atoms with van der Waals surface area (Å²) < 4.78 is 29.5. The molecular formula is C9H15NO6S. The minimum Gasteiger partial charge on any atom is -0.480 e. The summed E-state index contributed by atoms with van der Waals surface area (Å²) in [7, 11) is -2.38. The summed E-state index contributed by atoms with van der Waals surface area (Å²) in [5, 5.41) is 8.36. The predicted octanol–water partition coefficient (Wildman–Crippen LogP) is -0.525. The van der Waals surface area contributed by atoms with Gasteiger partial charge in [0.1, 0.15) is 6.04 Å². The number of hydrogen-bond donors (Lipinski definition) is 2. The van der Waals surface area contributed by atoms with E-state index in [1.165, 1.54) is 7.11 Å². The summed E-state index contributed by atoms with van der Waals surface area (Å²) in [5.41, 5.74) is 0. The van der Waals surface area contributed by atoms with Crippen LogP contribution in [0.15, 0.2) is 0 Å². The fraction of sp³-hybridized carbons (Fsp3) is 0.778. The van der Waals surface area contributed by atoms with Crippen LogP contribution in [0.2, 0.25) is 0 Å². The van der Waals surface area contributed by atoms with Crippen molar-refractivity contribution in [2.45, 2.75) is 37.0 Å². The van der Waals surface area contributed by atoms with Crippen LogP contribution in [0.4, 0.5) is 0 Å². The summed E-state index contributed by atoms with van der Waals surface area (Å²) in [5.74, 6) is -1.86. The van der Waals surface area contributed by atoms with Gasteiger partial charge in [-0.3, -0.25) is 9.59 Å². The van der Waals surface area contributed by atoms with Crippen molar-refractivity contribution < 1.29 is 27.9 Å². The number of rotatable bonds is 7. The lowest BCUT2D eigenvalue weighted by molar-refractivity contribution is -0.142. The Morgan fingerprint density at radius 3 is 2.47 bits per heavy atom. The number of carbonyl (C=O) groups excluding carboxylic acids is 1. The minimum absolute atomic E-state index is 0.117. The molecule has 0 aromatic heterocycles. The summed E-state index contributed by atoms with van der Waals surface area (Å²) in [6, 6.07) is -1.28. The van der Waals surface area contributed by atoms with Crippen LogP contribution in [0.3, 0.4) is 0 Å². The molecule has 0 saturated heterocycles. The SMILES string of the molecule is COC(=O)CC[C@H](NS(=O)(=O)C1CC1)C(=O)O. The first kappa shape index (κ1) is 13.9. The van der Waals surface area contributed by atoms with Crippen molar-refractivity contribution in [1.29, 1.82) is 0 Å². The van der Waals surface area contributed by atoms with Crippen LogP contribution >= 0.6 is 0 Å². The number of carboxylic acids is 1. The van der Waals surface area contributed by atoms with Crippen LogP contribution < -0.4 is 4.72 Å². The molecule has 0 radical (unpaired) electrons. The maximum atomic E-state index is 11.5. The smallest absolute Gasteiger partial charge is 0.321 e. The second-order valence-electron chi connectivity index (χ2n) is 3.87. The fourth-order valence-corrected chi connectivity index (χ4v) is 2.83. The van der Waals surface area contributed by atoms with Crippen molar-refractivity contribution in [2.75, 3.05) is 7.11 Å². The van der Waals surface area contributed by atoms with Gasteiger partial charge >= 0.3 is 11.9 Å². The molecule has 1 saturated carbocycles. The highest BCUT2D eigenvalue weighted by Crippen LogP contribution is 2.27. The molecule has 1 aliphatic carbocycles. The zero-order valence-electron chi connectivity index (χ0n) is 9.38. The lowest BCUT2D eigenvalue weighted by Crippen LogP contribution is -2.42. The van der Waals surface area contributed by atoms with E-state index in [9.17, 15) is 18.0 Å². The van der Waals surface area contributed by atoms with Gasteiger partial charge in [-0.05, 0) is 19.3 Å². The van der Waals surface area contributed by atoms with Crippen molar-refractivity contribution >= 4 is 22.0 Å². The quantitative estimate of drug-likeness (QED) is 0.599. The van der Waals surface area contributed by atoms with Crippen LogP contribution in [0.25, 0.3) is 0 Å². The molecule has 0 unspecified atom stereocenters. The molecule has 2 N–H and O–H groups in total. The monoisotopic (exact) mass is 265 g/mol. The molecule has 17 heavy (non-hydrogen) atoms. The Kier molecular flexibility index (Phi) is 4.47. The first-order valence-electron chi connectivity index (χ1n) is 5.17. The topological polar surface area (TPSA) is 110 Å². The molecule has 1 aliphatic rings. The molecule has 0 heterocycles. The Morgan fingerprint density at radius 1 is 1.47 bits per heavy atom. The van der Waals surface area contributed by atoms with E-state index in [1.807, 2.05) is 0 Å². The molecule has 0 aliphatic heterocycles. The molecule has 1 atom stereocenters. The van der Waals surface area contributed by atoms with Gasteiger partial charge in [-0.25, -0.2) is 13.1 Å². The van der Waals surface area contributed by atoms with Gasteiger partial charge in [0, 0.05) is 6.42 Å². The van der Waals surface area contributed by atoms with E-state index < -0.39 is 33.3 Å². The Bertz CT molecular complexity index is 400. The van der Waals surface area contributed by atoms with Gasteiger partial charge < -0.3 is 9.84 Å². The average molecular weight is 265 g/mol. The first-order valence-corrected chi connectivity index (χ1v) is 6.72. The molecule has 1 fully saturated rings. The molecule has 0 aromatic rings. The predicted molar refractivity (Wildman–Crippen MR) is 57.8 cm³/mol. The Labute approximate surface area is 99.2 Å². The van der Waals surface area contributed by atoms with Crippen LogP contribution in [-0.2, 0) is 24.3 Å². The molecule has 1 rings (SSSR count). The number of carboxylic acid groups (broad SMARTS) is 1. The van der Waals surface area contributed by atoms with Gasteiger partial charge in [-0.2, -0.15) is 0 Å². The molecule has 0 amide bonds. The van der Waals surface area contributed by atoms with Crippen LogP contribution in [0.1, 0.15) is 25.7 Å². The lowest BCUT2D eigenvalue weighted by atomic mass is 10.2. The minimum atomic E-state index is -3.57. The normalized spacial score (nSPS) is 17.5. The summed E-state index contributed by atoms with van der Waals surface area (Å²) in [4.78, 5) is 21.7. The van der Waals surface area contributed by atoms with E-state index in [1.54, 1.807) is 0 Å². The number of sulfonamides is 1. The first-order chi connectivity index (χ1) is 7.86. The van der Waals surface area contributed by atoms with Crippen molar-refractivity contribution in [2.24, 2.45) is 0 Å². The number of methoxy groups -OCH3 is 1. The number of esters is 1. The van der Waals surface area contributed by atoms with E-state index in [4.69, 9.17) is 5.11 Å². The van der Waals surface area contributed by atoms with Gasteiger partial charge in [-0.15, -0.1) is 0 Å². The van der Waals surface area contributed by atoms with Gasteiger partial charge in [0.25, 0.3) is 0 Å². The number of ether oxygens (including phenoxy) is 1. The van der Waals surface area contributed by atoms with Crippen molar-refractivity contribution in [3.05, 3.63) is 0 Å². The Balaban J connectivity index is 2.54. The Morgan fingerprint density at radius 2 is 2.06 bits per heavy atom. The third kappa shape index (κ3) is 4.31. The molecule has 7 nitrogen and oxygen atoms in total. The van der Waals surface area contributed by atoms with E-state index in [-0.39, 0.29) is 12.8 Å². The molecule has 8 heteroatoms. The van der Waals surface area contributed by atoms with Crippen molar-refractivity contribution in [3.63, 3.8) is 0 Å². The highest BCUT2D eigenvalue weighted by molar-refractivity contribution is 7.90. The fourth-order valence-electron chi connectivity index (χ4n) is 1.27. The van der Waals surface area contributed by atoms with Gasteiger partial charge in [-0.1, -0.05) is 0 Å². The number of hydrogen-bond acceptors (Lipinski definition) is 5. The van der Waals surface area contributed by atoms with Gasteiger partial charge in [0.2, 0.25) is 10.0 Å². The maximum absolute atomic E-state index is 11.5. The van der Waals surface area contributed by atoms with Gasteiger partial charge in [0.15, 0.2) is 0 Å². The molecule has 0 aromatic carbocycles. The third-order valence-electron chi connectivity index (χ3n) is 2.43. The van der Waals surface area contributed by atoms with E-state index in [0.717, 1.165) is 0 Å². The summed E-state index contributed by atoms with van der Waals surface area (Å²) in [6.45, 7) is 0. The second-order valence-corrected chi connectivity index (χ2v) is 5.86. The molecule has 0 bridgehead atoms. The highest BCUT2D eigenvalue weighted by atomic mass is 32.2. The van der Waals surface area contributed by atoms with Crippen LogP contribution in [0, 0.1) is 0 Å². The largest absolute Gasteiger partial charge is 0.480 e. The second kappa shape index (κ2) is 5.46. The number of aliphatic carboxylic acids is 1. The van der Waals surface area contributed by atoms with E-state index >= 15 is 0 Å². The van der Waals surface area contributed by atoms with E-state index in [0.29, 0.717) is 12.8 Å². The standard InChI is InChI=1S/C9H15NO6S/c1-16-8(11)5-4-7(9(12)13)10-17(14,15)6-2-3-6/h6-7,10H,2-5H2,1H3,(H,12,13)/t7-/m0/s1. The van der Waals surface area contributed by atoms with Crippen molar-refractivity contribution in [1.82, 2.24) is 4.72 Å². The highest BCUT2D eigenvalue weighted by Gasteiger charge is 2.38. The number of nitrogens with one attached hydrogen (secondary N) is 1. The van der Waals surface area contributed by atoms with Crippen LogP contribution in [-0.4, -0.2) is 43.9 Å². The zero-order valence-corrected chi connectivity index (χ0v) is 10.2. The van der Waals surface area contributed by atoms with E-state index in [2.05, 4.69) is 9.46 Å². The third-order valence-corrected chi connectivity index (χ3v) is 4.39. The summed E-state index contributed by atoms with van der Waals surface area (Å²) in [6.07, 6.45) is 0.853. The van der Waals surface area contributed by atoms with Crippen molar-refractivity contribution in [3.8, 4) is 0 Å². The lowest BCUT2D eigenvalue weighted by Gasteiger charge is -2.13. The zero-order chi connectivity index (χ0) is 13.1. The summed E-state index contributed by atoms with van der Waals surface area (Å²) >= 11 is 0. The van der Waals surface area contributed by atoms with Gasteiger partial charge in [0.05, 0.1) is 12.4 Å². The average Bonchev–Trinajstić information content (AvgIpc) is 3.06. The molecule has 0 spiro atoms. The maximum Gasteiger partial charge on any atom is 0.321 e. The molecular weight excluding hydrogens is 250 g/mol. The van der Waals surface area contributed by atoms with Crippen LogP contribution in [0.5, 0.6) is 0 Å².